The predicted molar refractivity (Wildman–Crippen MR) is 145 cm³/mol. The van der Waals surface area contributed by atoms with Crippen molar-refractivity contribution in [3.63, 3.8) is 0 Å². The molecule has 4 aromatic rings. The van der Waals surface area contributed by atoms with Crippen LogP contribution in [-0.2, 0) is 23.4 Å². The quantitative estimate of drug-likeness (QED) is 0.320. The van der Waals surface area contributed by atoms with E-state index in [9.17, 15) is 18.4 Å². The monoisotopic (exact) mass is 567 g/mol. The molecule has 11 heteroatoms. The zero-order valence-electron chi connectivity index (χ0n) is 24.3. The molecule has 206 valence electrons. The number of fused-ring (bicyclic) bond motifs is 1. The van der Waals surface area contributed by atoms with Crippen LogP contribution < -0.4 is 10.3 Å². The van der Waals surface area contributed by atoms with Crippen molar-refractivity contribution in [2.45, 2.75) is 53.3 Å². The third kappa shape index (κ3) is 4.72. The van der Waals surface area contributed by atoms with E-state index >= 15 is 0 Å². The predicted octanol–water partition coefficient (Wildman–Crippen LogP) is 5.41. The average Bonchev–Trinajstić information content (AvgIpc) is 3.18. The number of carbonyl (C=O) groups excluding carboxylic acids is 1. The molecular weight excluding hydrogens is 540 g/mol. The zero-order chi connectivity index (χ0) is 30.7. The highest BCUT2D eigenvalue weighted by Crippen LogP contribution is 2.38. The van der Waals surface area contributed by atoms with Gasteiger partial charge in [-0.05, 0) is 51.0 Å². The van der Waals surface area contributed by atoms with Crippen LogP contribution in [-0.4, -0.2) is 30.3 Å². The Morgan fingerprint density at radius 3 is 2.60 bits per heavy atom. The van der Waals surface area contributed by atoms with Crippen LogP contribution in [0.1, 0.15) is 51.7 Å². The average molecular weight is 568 g/mol. The first-order valence-corrected chi connectivity index (χ1v) is 12.7. The Balaban J connectivity index is 1.54. The maximum Gasteiger partial charge on any atom is 0.277 e. The summed E-state index contributed by atoms with van der Waals surface area (Å²) in [5, 5.41) is -0.452. The van der Waals surface area contributed by atoms with Gasteiger partial charge in [0, 0.05) is 37.5 Å². The van der Waals surface area contributed by atoms with Crippen LogP contribution in [0.15, 0.2) is 47.5 Å². The Kier molecular flexibility index (Phi) is 6.27. The van der Waals surface area contributed by atoms with E-state index in [1.54, 1.807) is 31.0 Å². The molecule has 1 amide bonds. The van der Waals surface area contributed by atoms with Gasteiger partial charge < -0.3 is 9.64 Å². The molecule has 0 radical (unpaired) electrons. The standard InChI is InChI=1S/C29H26ClF2N5O3/c1-15-11-33-22(21-7-6-18-13-36(17(3)38)29(4,5)27(18)35-21)10-24(15)37-16(2)8-25(26(30)28(37)39)40-14-23-20(32)9-19(31)12-34-23/h6-12H,13-14H2,1-5H3/i14D2. The van der Waals surface area contributed by atoms with E-state index in [2.05, 4.69) is 9.97 Å². The summed E-state index contributed by atoms with van der Waals surface area (Å²) in [4.78, 5) is 40.3. The van der Waals surface area contributed by atoms with Gasteiger partial charge in [-0.2, -0.15) is 0 Å². The normalized spacial score (nSPS) is 14.9. The Bertz CT molecular complexity index is 1830. The van der Waals surface area contributed by atoms with Crippen LogP contribution in [0.5, 0.6) is 5.75 Å². The summed E-state index contributed by atoms with van der Waals surface area (Å²) in [5.41, 5.74) is 2.04. The molecule has 0 atom stereocenters. The zero-order valence-corrected chi connectivity index (χ0v) is 23.1. The Morgan fingerprint density at radius 2 is 1.90 bits per heavy atom. The van der Waals surface area contributed by atoms with E-state index in [4.69, 9.17) is 24.1 Å². The van der Waals surface area contributed by atoms with Crippen molar-refractivity contribution in [3.05, 3.63) is 97.9 Å². The van der Waals surface area contributed by atoms with Crippen LogP contribution in [0.3, 0.4) is 0 Å². The fourth-order valence-corrected chi connectivity index (χ4v) is 5.01. The number of hydrogen-bond acceptors (Lipinski definition) is 6. The van der Waals surface area contributed by atoms with Crippen molar-refractivity contribution in [2.24, 2.45) is 0 Å². The molecule has 0 bridgehead atoms. The third-order valence-electron chi connectivity index (χ3n) is 6.89. The third-order valence-corrected chi connectivity index (χ3v) is 7.23. The van der Waals surface area contributed by atoms with Crippen LogP contribution in [0.4, 0.5) is 8.78 Å². The number of aromatic nitrogens is 4. The lowest BCUT2D eigenvalue weighted by molar-refractivity contribution is -0.134. The minimum absolute atomic E-state index is 0.0541. The van der Waals surface area contributed by atoms with Gasteiger partial charge in [-0.1, -0.05) is 17.7 Å². The smallest absolute Gasteiger partial charge is 0.277 e. The fourth-order valence-electron chi connectivity index (χ4n) is 4.83. The summed E-state index contributed by atoms with van der Waals surface area (Å²) >= 11 is 6.36. The number of ether oxygens (including phenoxy) is 1. The van der Waals surface area contributed by atoms with Gasteiger partial charge in [-0.25, -0.2) is 13.8 Å². The van der Waals surface area contributed by atoms with Gasteiger partial charge in [-0.3, -0.25) is 24.1 Å². The van der Waals surface area contributed by atoms with Gasteiger partial charge in [0.15, 0.2) is 5.82 Å². The van der Waals surface area contributed by atoms with Crippen molar-refractivity contribution in [1.82, 2.24) is 24.4 Å². The highest BCUT2D eigenvalue weighted by atomic mass is 35.5. The second-order valence-corrected chi connectivity index (χ2v) is 10.4. The maximum atomic E-state index is 14.2. The molecular formula is C29H26ClF2N5O3. The second kappa shape index (κ2) is 10.1. The first kappa shape index (κ1) is 24.8. The topological polar surface area (TPSA) is 90.2 Å². The van der Waals surface area contributed by atoms with E-state index < -0.39 is 40.0 Å². The summed E-state index contributed by atoms with van der Waals surface area (Å²) in [6.45, 7) is 6.35. The number of halogens is 3. The number of carbonyl (C=O) groups is 1. The number of pyridine rings is 4. The number of hydrogen-bond donors (Lipinski definition) is 0. The molecule has 0 spiro atoms. The van der Waals surface area contributed by atoms with Crippen molar-refractivity contribution in [2.75, 3.05) is 0 Å². The highest BCUT2D eigenvalue weighted by Gasteiger charge is 2.40. The number of nitrogens with zero attached hydrogens (tertiary/aromatic N) is 5. The van der Waals surface area contributed by atoms with Gasteiger partial charge in [0.25, 0.3) is 5.56 Å². The lowest BCUT2D eigenvalue weighted by atomic mass is 9.99. The molecule has 0 N–H and O–H groups in total. The molecule has 5 rings (SSSR count). The van der Waals surface area contributed by atoms with Crippen LogP contribution in [0.25, 0.3) is 17.1 Å². The number of aryl methyl sites for hydroxylation is 2. The number of rotatable bonds is 5. The van der Waals surface area contributed by atoms with Crippen molar-refractivity contribution in [3.8, 4) is 22.8 Å². The molecule has 0 unspecified atom stereocenters. The molecule has 0 saturated carbocycles. The Hall–Kier alpha value is -4.18. The van der Waals surface area contributed by atoms with Crippen molar-refractivity contribution >= 4 is 17.5 Å². The molecule has 1 aliphatic rings. The summed E-state index contributed by atoms with van der Waals surface area (Å²) in [7, 11) is 0. The largest absolute Gasteiger partial charge is 0.485 e. The van der Waals surface area contributed by atoms with Crippen LogP contribution >= 0.6 is 11.6 Å². The highest BCUT2D eigenvalue weighted by molar-refractivity contribution is 6.31. The van der Waals surface area contributed by atoms with Gasteiger partial charge in [0.05, 0.1) is 37.2 Å². The summed E-state index contributed by atoms with van der Waals surface area (Å²) in [6.07, 6.45) is 2.25. The molecule has 0 fully saturated rings. The van der Waals surface area contributed by atoms with Crippen LogP contribution in [0.2, 0.25) is 5.02 Å². The van der Waals surface area contributed by atoms with Crippen LogP contribution in [0, 0.1) is 25.5 Å². The summed E-state index contributed by atoms with van der Waals surface area (Å²) in [5.74, 6) is -2.62. The minimum atomic E-state index is -2.86. The van der Waals surface area contributed by atoms with E-state index in [0.717, 1.165) is 11.3 Å². The molecule has 0 aliphatic carbocycles. The van der Waals surface area contributed by atoms with Gasteiger partial charge >= 0.3 is 0 Å². The SMILES string of the molecule is [2H]C([2H])(Oc1cc(C)n(-c2cc(-c3ccc4c(n3)C(C)(C)N(C(C)=O)C4)ncc2C)c(=O)c1Cl)c1ncc(F)cc1F. The van der Waals surface area contributed by atoms with Gasteiger partial charge in [0.2, 0.25) is 5.91 Å². The summed E-state index contributed by atoms with van der Waals surface area (Å²) in [6, 6.07) is 7.24. The van der Waals surface area contributed by atoms with E-state index in [1.807, 2.05) is 26.0 Å². The van der Waals surface area contributed by atoms with E-state index in [0.29, 0.717) is 47.1 Å². The molecule has 1 aliphatic heterocycles. The lowest BCUT2D eigenvalue weighted by Crippen LogP contribution is -2.39. The number of amides is 1. The summed E-state index contributed by atoms with van der Waals surface area (Å²) < 4.78 is 50.5. The lowest BCUT2D eigenvalue weighted by Gasteiger charge is -2.30. The molecule has 4 aromatic heterocycles. The molecule has 5 heterocycles. The molecule has 8 nitrogen and oxygen atoms in total. The fraction of sp³-hybridized carbons (Fsp3) is 0.276. The van der Waals surface area contributed by atoms with E-state index in [1.165, 1.54) is 17.6 Å². The molecule has 0 saturated heterocycles. The second-order valence-electron chi connectivity index (χ2n) is 10.0. The maximum absolute atomic E-state index is 14.2. The van der Waals surface area contributed by atoms with Gasteiger partial charge in [0.1, 0.15) is 28.8 Å². The first-order valence-electron chi connectivity index (χ1n) is 13.3. The Morgan fingerprint density at radius 1 is 1.15 bits per heavy atom. The van der Waals surface area contributed by atoms with E-state index in [-0.39, 0.29) is 11.7 Å². The van der Waals surface area contributed by atoms with Crippen molar-refractivity contribution in [1.29, 1.82) is 0 Å². The Labute approximate surface area is 237 Å². The molecule has 0 aromatic carbocycles. The molecule has 40 heavy (non-hydrogen) atoms. The van der Waals surface area contributed by atoms with Gasteiger partial charge in [-0.15, -0.1) is 0 Å². The minimum Gasteiger partial charge on any atom is -0.485 e. The first-order chi connectivity index (χ1) is 19.6. The van der Waals surface area contributed by atoms with Crippen molar-refractivity contribution < 1.29 is 21.1 Å².